The predicted octanol–water partition coefficient (Wildman–Crippen LogP) is 3.22. The maximum absolute atomic E-state index is 12.9. The molecule has 1 aromatic carbocycles. The van der Waals surface area contributed by atoms with Gasteiger partial charge in [0.15, 0.2) is 0 Å². The van der Waals surface area contributed by atoms with Crippen LogP contribution >= 0.6 is 0 Å². The first-order valence-corrected chi connectivity index (χ1v) is 9.82. The van der Waals surface area contributed by atoms with E-state index in [1.807, 2.05) is 0 Å². The van der Waals surface area contributed by atoms with E-state index in [2.05, 4.69) is 41.4 Å². The fraction of sp³-hybridized carbons (Fsp3) is 0.619. The van der Waals surface area contributed by atoms with Crippen LogP contribution in [0.1, 0.15) is 62.6 Å². The molecule has 1 N–H and O–H groups in total. The number of nitrogens with zero attached hydrogens (tertiary/aromatic N) is 1. The molecule has 3 aliphatic rings. The lowest BCUT2D eigenvalue weighted by Gasteiger charge is -2.36. The van der Waals surface area contributed by atoms with Gasteiger partial charge < -0.3 is 10.2 Å². The number of benzene rings is 1. The second kappa shape index (κ2) is 6.81. The molecule has 1 aromatic rings. The molecule has 0 radical (unpaired) electrons. The third-order valence-electron chi connectivity index (χ3n) is 5.99. The topological polar surface area (TPSA) is 49.4 Å². The van der Waals surface area contributed by atoms with Crippen molar-refractivity contribution in [1.29, 1.82) is 0 Å². The Morgan fingerprint density at radius 3 is 2.68 bits per heavy atom. The van der Waals surface area contributed by atoms with E-state index in [4.69, 9.17) is 0 Å². The molecule has 0 saturated heterocycles. The molecule has 3 aliphatic carbocycles. The Kier molecular flexibility index (Phi) is 4.53. The molecule has 0 heterocycles. The zero-order valence-electron chi connectivity index (χ0n) is 15.0. The average Bonchev–Trinajstić information content (AvgIpc) is 3.53. The highest BCUT2D eigenvalue weighted by atomic mass is 16.2. The van der Waals surface area contributed by atoms with Crippen molar-refractivity contribution in [3.8, 4) is 0 Å². The minimum Gasteiger partial charge on any atom is -0.355 e. The summed E-state index contributed by atoms with van der Waals surface area (Å²) in [6.45, 7) is 2.57. The molecule has 0 bridgehead atoms. The van der Waals surface area contributed by atoms with Gasteiger partial charge in [0.25, 0.3) is 0 Å². The first kappa shape index (κ1) is 16.6. The number of nitrogens with one attached hydrogen (secondary N) is 1. The zero-order chi connectivity index (χ0) is 17.4. The summed E-state index contributed by atoms with van der Waals surface area (Å²) in [5.41, 5.74) is 2.73. The van der Waals surface area contributed by atoms with E-state index in [1.54, 1.807) is 0 Å². The van der Waals surface area contributed by atoms with Crippen LogP contribution in [0, 0.1) is 11.8 Å². The van der Waals surface area contributed by atoms with Crippen molar-refractivity contribution in [1.82, 2.24) is 10.2 Å². The number of hydrogen-bond donors (Lipinski definition) is 1. The standard InChI is InChI=1S/C21H28N2O2/c1-14-13-18(14)21(25)22-12-11-20(24)23(16-9-10-16)19-8-4-6-15-5-2-3-7-17(15)19/h2-3,5,7,14,16,18-19H,4,6,8-13H2,1H3,(H,22,25)/t14-,18-,19-/m1/s1. The first-order valence-electron chi connectivity index (χ1n) is 9.82. The predicted molar refractivity (Wildman–Crippen MR) is 96.9 cm³/mol. The van der Waals surface area contributed by atoms with Crippen LogP contribution in [0.2, 0.25) is 0 Å². The lowest BCUT2D eigenvalue weighted by atomic mass is 9.86. The van der Waals surface area contributed by atoms with Crippen LogP contribution in [-0.4, -0.2) is 29.3 Å². The summed E-state index contributed by atoms with van der Waals surface area (Å²) in [5, 5.41) is 2.96. The fourth-order valence-corrected chi connectivity index (χ4v) is 4.24. The van der Waals surface area contributed by atoms with Gasteiger partial charge in [-0.05, 0) is 55.6 Å². The van der Waals surface area contributed by atoms with Crippen LogP contribution in [0.3, 0.4) is 0 Å². The molecule has 0 unspecified atom stereocenters. The molecule has 134 valence electrons. The molecular formula is C21H28N2O2. The summed E-state index contributed by atoms with van der Waals surface area (Å²) in [7, 11) is 0. The van der Waals surface area contributed by atoms with Crippen molar-refractivity contribution in [3.05, 3.63) is 35.4 Å². The summed E-state index contributed by atoms with van der Waals surface area (Å²) in [4.78, 5) is 27.0. The second-order valence-corrected chi connectivity index (χ2v) is 8.00. The molecule has 2 amide bonds. The number of rotatable bonds is 6. The lowest BCUT2D eigenvalue weighted by molar-refractivity contribution is -0.134. The molecule has 0 aliphatic heterocycles. The Balaban J connectivity index is 1.40. The number of amides is 2. The monoisotopic (exact) mass is 340 g/mol. The van der Waals surface area contributed by atoms with Crippen LogP contribution in [0.4, 0.5) is 0 Å². The number of carbonyl (C=O) groups excluding carboxylic acids is 2. The molecule has 4 nitrogen and oxygen atoms in total. The minimum absolute atomic E-state index is 0.126. The van der Waals surface area contributed by atoms with Gasteiger partial charge in [0, 0.05) is 24.9 Å². The fourth-order valence-electron chi connectivity index (χ4n) is 4.24. The van der Waals surface area contributed by atoms with Crippen LogP contribution in [0.25, 0.3) is 0 Å². The molecule has 3 atom stereocenters. The Morgan fingerprint density at radius 1 is 1.20 bits per heavy atom. The van der Waals surface area contributed by atoms with Gasteiger partial charge in [-0.2, -0.15) is 0 Å². The number of aryl methyl sites for hydroxylation is 1. The van der Waals surface area contributed by atoms with E-state index < -0.39 is 0 Å². The largest absolute Gasteiger partial charge is 0.355 e. The van der Waals surface area contributed by atoms with Crippen molar-refractivity contribution in [2.45, 2.75) is 64.0 Å². The van der Waals surface area contributed by atoms with Crippen LogP contribution in [0.5, 0.6) is 0 Å². The summed E-state index contributed by atoms with van der Waals surface area (Å²) >= 11 is 0. The number of hydrogen-bond acceptors (Lipinski definition) is 2. The zero-order valence-corrected chi connectivity index (χ0v) is 15.0. The van der Waals surface area contributed by atoms with Crippen molar-refractivity contribution in [2.75, 3.05) is 6.54 Å². The molecule has 25 heavy (non-hydrogen) atoms. The average molecular weight is 340 g/mol. The van der Waals surface area contributed by atoms with Gasteiger partial charge in [-0.3, -0.25) is 9.59 Å². The van der Waals surface area contributed by atoms with E-state index in [9.17, 15) is 9.59 Å². The Hall–Kier alpha value is -1.84. The summed E-state index contributed by atoms with van der Waals surface area (Å²) in [6.07, 6.45) is 6.98. The molecule has 4 heteroatoms. The molecule has 2 fully saturated rings. The van der Waals surface area contributed by atoms with Gasteiger partial charge in [0.2, 0.25) is 11.8 Å². The normalized spacial score (nSPS) is 27.3. The summed E-state index contributed by atoms with van der Waals surface area (Å²) < 4.78 is 0. The van der Waals surface area contributed by atoms with Crippen LogP contribution in [0.15, 0.2) is 24.3 Å². The van der Waals surface area contributed by atoms with Crippen molar-refractivity contribution < 1.29 is 9.59 Å². The third-order valence-corrected chi connectivity index (χ3v) is 5.99. The third kappa shape index (κ3) is 3.58. The SMILES string of the molecule is C[C@@H]1C[C@H]1C(=O)NCCC(=O)N(C1CC1)[C@@H]1CCCc2ccccc21. The highest BCUT2D eigenvalue weighted by Gasteiger charge is 2.40. The minimum atomic E-state index is 0.126. The summed E-state index contributed by atoms with van der Waals surface area (Å²) in [5.74, 6) is 1.02. The quantitative estimate of drug-likeness (QED) is 0.864. The molecule has 0 aromatic heterocycles. The lowest BCUT2D eigenvalue weighted by Crippen LogP contribution is -2.40. The Labute approximate surface area is 150 Å². The van der Waals surface area contributed by atoms with E-state index >= 15 is 0 Å². The van der Waals surface area contributed by atoms with E-state index in [0.29, 0.717) is 24.9 Å². The van der Waals surface area contributed by atoms with E-state index in [0.717, 1.165) is 38.5 Å². The van der Waals surface area contributed by atoms with Crippen LogP contribution in [-0.2, 0) is 16.0 Å². The molecule has 4 rings (SSSR count). The van der Waals surface area contributed by atoms with Gasteiger partial charge in [0.05, 0.1) is 6.04 Å². The molecule has 2 saturated carbocycles. The maximum Gasteiger partial charge on any atom is 0.225 e. The van der Waals surface area contributed by atoms with Crippen molar-refractivity contribution >= 4 is 11.8 Å². The van der Waals surface area contributed by atoms with Crippen LogP contribution < -0.4 is 5.32 Å². The van der Waals surface area contributed by atoms with Crippen molar-refractivity contribution in [3.63, 3.8) is 0 Å². The number of fused-ring (bicyclic) bond motifs is 1. The Morgan fingerprint density at radius 2 is 1.96 bits per heavy atom. The second-order valence-electron chi connectivity index (χ2n) is 8.00. The highest BCUT2D eigenvalue weighted by Crippen LogP contribution is 2.41. The van der Waals surface area contributed by atoms with Gasteiger partial charge in [-0.15, -0.1) is 0 Å². The smallest absolute Gasteiger partial charge is 0.225 e. The van der Waals surface area contributed by atoms with Gasteiger partial charge >= 0.3 is 0 Å². The molecule has 0 spiro atoms. The molecular weight excluding hydrogens is 312 g/mol. The highest BCUT2D eigenvalue weighted by molar-refractivity contribution is 5.82. The van der Waals surface area contributed by atoms with Gasteiger partial charge in [-0.25, -0.2) is 0 Å². The first-order chi connectivity index (χ1) is 12.1. The van der Waals surface area contributed by atoms with Crippen molar-refractivity contribution in [2.24, 2.45) is 11.8 Å². The number of carbonyl (C=O) groups is 2. The van der Waals surface area contributed by atoms with Gasteiger partial charge in [-0.1, -0.05) is 31.2 Å². The van der Waals surface area contributed by atoms with Gasteiger partial charge in [0.1, 0.15) is 0 Å². The van der Waals surface area contributed by atoms with E-state index in [-0.39, 0.29) is 23.8 Å². The van der Waals surface area contributed by atoms with E-state index in [1.165, 1.54) is 11.1 Å². The Bertz CT molecular complexity index is 668. The maximum atomic E-state index is 12.9. The summed E-state index contributed by atoms with van der Waals surface area (Å²) in [6, 6.07) is 9.21.